The molecule has 0 amide bonds. The molecular weight excluding hydrogens is 299 g/mol. The van der Waals surface area contributed by atoms with Gasteiger partial charge < -0.3 is 14.2 Å². The zero-order chi connectivity index (χ0) is 14.8. The summed E-state index contributed by atoms with van der Waals surface area (Å²) in [6.07, 6.45) is 0. The molecule has 1 aliphatic rings. The third-order valence-corrected chi connectivity index (χ3v) is 3.26. The van der Waals surface area contributed by atoms with E-state index in [1.807, 2.05) is 0 Å². The van der Waals surface area contributed by atoms with Crippen LogP contribution >= 0.6 is 11.6 Å². The minimum Gasteiger partial charge on any atom is -0.481 e. The summed E-state index contributed by atoms with van der Waals surface area (Å²) in [4.78, 5) is 12.1. The van der Waals surface area contributed by atoms with Crippen LogP contribution in [0.3, 0.4) is 0 Å². The highest BCUT2D eigenvalue weighted by Crippen LogP contribution is 2.33. The molecule has 0 radical (unpaired) electrons. The lowest BCUT2D eigenvalue weighted by Crippen LogP contribution is -2.12. The van der Waals surface area contributed by atoms with Crippen molar-refractivity contribution in [3.8, 4) is 17.2 Å². The van der Waals surface area contributed by atoms with Crippen LogP contribution in [0, 0.1) is 5.82 Å². The van der Waals surface area contributed by atoms with Crippen LogP contribution < -0.4 is 14.2 Å². The van der Waals surface area contributed by atoms with Crippen LogP contribution in [0.15, 0.2) is 36.4 Å². The molecule has 0 N–H and O–H groups in total. The molecular formula is C15H10ClFO4. The fourth-order valence-electron chi connectivity index (χ4n) is 1.91. The summed E-state index contributed by atoms with van der Waals surface area (Å²) < 4.78 is 29.1. The first-order valence-electron chi connectivity index (χ1n) is 6.15. The van der Waals surface area contributed by atoms with Crippen LogP contribution in [0.5, 0.6) is 17.2 Å². The summed E-state index contributed by atoms with van der Waals surface area (Å²) >= 11 is 5.82. The Morgan fingerprint density at radius 1 is 1.24 bits per heavy atom. The van der Waals surface area contributed by atoms with E-state index in [1.54, 1.807) is 18.2 Å². The second-order valence-corrected chi connectivity index (χ2v) is 4.74. The fraction of sp³-hybridized carbons (Fsp3) is 0.133. The third kappa shape index (κ3) is 2.78. The van der Waals surface area contributed by atoms with Crippen molar-refractivity contribution in [2.45, 2.75) is 0 Å². The predicted molar refractivity (Wildman–Crippen MR) is 73.8 cm³/mol. The largest absolute Gasteiger partial charge is 0.481 e. The maximum absolute atomic E-state index is 13.5. The first kappa shape index (κ1) is 13.7. The van der Waals surface area contributed by atoms with E-state index in [9.17, 15) is 9.18 Å². The number of benzene rings is 2. The maximum Gasteiger partial charge on any atom is 0.231 e. The van der Waals surface area contributed by atoms with Crippen molar-refractivity contribution in [2.75, 3.05) is 13.4 Å². The molecule has 21 heavy (non-hydrogen) atoms. The average Bonchev–Trinajstić information content (AvgIpc) is 2.93. The molecule has 0 aliphatic carbocycles. The van der Waals surface area contributed by atoms with Gasteiger partial charge in [0.15, 0.2) is 35.5 Å². The first-order chi connectivity index (χ1) is 10.1. The van der Waals surface area contributed by atoms with Crippen molar-refractivity contribution in [3.63, 3.8) is 0 Å². The number of fused-ring (bicyclic) bond motifs is 1. The number of hydrogen-bond donors (Lipinski definition) is 0. The number of para-hydroxylation sites is 1. The van der Waals surface area contributed by atoms with Crippen LogP contribution in [0.25, 0.3) is 0 Å². The van der Waals surface area contributed by atoms with E-state index >= 15 is 0 Å². The topological polar surface area (TPSA) is 44.8 Å². The number of rotatable bonds is 4. The number of carbonyl (C=O) groups is 1. The number of halogens is 2. The molecule has 0 aromatic heterocycles. The molecule has 108 valence electrons. The lowest BCUT2D eigenvalue weighted by molar-refractivity contribution is 0.0918. The van der Waals surface area contributed by atoms with E-state index in [2.05, 4.69) is 0 Å². The van der Waals surface area contributed by atoms with Crippen molar-refractivity contribution >= 4 is 17.4 Å². The first-order valence-corrected chi connectivity index (χ1v) is 6.52. The molecule has 1 aliphatic heterocycles. The molecule has 1 heterocycles. The van der Waals surface area contributed by atoms with Gasteiger partial charge in [-0.15, -0.1) is 0 Å². The summed E-state index contributed by atoms with van der Waals surface area (Å²) in [6, 6.07) is 8.98. The zero-order valence-electron chi connectivity index (χ0n) is 10.8. The Morgan fingerprint density at radius 3 is 2.86 bits per heavy atom. The van der Waals surface area contributed by atoms with Gasteiger partial charge in [0.05, 0.1) is 5.02 Å². The monoisotopic (exact) mass is 308 g/mol. The van der Waals surface area contributed by atoms with Gasteiger partial charge in [0.25, 0.3) is 0 Å². The molecule has 0 spiro atoms. The lowest BCUT2D eigenvalue weighted by Gasteiger charge is -2.08. The second kappa shape index (κ2) is 5.61. The van der Waals surface area contributed by atoms with Gasteiger partial charge in [0.1, 0.15) is 0 Å². The number of ether oxygens (including phenoxy) is 3. The van der Waals surface area contributed by atoms with Crippen molar-refractivity contribution < 1.29 is 23.4 Å². The minimum absolute atomic E-state index is 0.119. The van der Waals surface area contributed by atoms with Gasteiger partial charge in [-0.1, -0.05) is 17.7 Å². The average molecular weight is 309 g/mol. The highest BCUT2D eigenvalue weighted by atomic mass is 35.5. The molecule has 0 fully saturated rings. The lowest BCUT2D eigenvalue weighted by atomic mass is 10.1. The molecule has 2 aromatic rings. The molecule has 2 aromatic carbocycles. The van der Waals surface area contributed by atoms with Crippen LogP contribution in [0.2, 0.25) is 5.02 Å². The Morgan fingerprint density at radius 2 is 2.05 bits per heavy atom. The molecule has 0 bridgehead atoms. The summed E-state index contributed by atoms with van der Waals surface area (Å²) in [5, 5.41) is 0.119. The molecule has 4 nitrogen and oxygen atoms in total. The summed E-state index contributed by atoms with van der Waals surface area (Å²) in [5.74, 6) is 0.0382. The Hall–Kier alpha value is -2.27. The van der Waals surface area contributed by atoms with E-state index in [0.29, 0.717) is 17.1 Å². The van der Waals surface area contributed by atoms with Gasteiger partial charge in [-0.05, 0) is 30.3 Å². The smallest absolute Gasteiger partial charge is 0.231 e. The summed E-state index contributed by atoms with van der Waals surface area (Å²) in [6.45, 7) is -0.186. The number of carbonyl (C=O) groups excluding carboxylic acids is 1. The zero-order valence-corrected chi connectivity index (χ0v) is 11.5. The van der Waals surface area contributed by atoms with Crippen molar-refractivity contribution in [3.05, 3.63) is 52.8 Å². The minimum atomic E-state index is -0.610. The molecule has 0 unspecified atom stereocenters. The van der Waals surface area contributed by atoms with E-state index in [4.69, 9.17) is 25.8 Å². The van der Waals surface area contributed by atoms with Crippen LogP contribution in [-0.2, 0) is 0 Å². The molecule has 0 saturated carbocycles. The quantitative estimate of drug-likeness (QED) is 0.811. The van der Waals surface area contributed by atoms with Gasteiger partial charge in [-0.25, -0.2) is 4.39 Å². The van der Waals surface area contributed by atoms with Crippen molar-refractivity contribution in [1.29, 1.82) is 0 Å². The predicted octanol–water partition coefficient (Wildman–Crippen LogP) is 3.47. The highest BCUT2D eigenvalue weighted by Gasteiger charge is 2.17. The molecule has 0 atom stereocenters. The Bertz CT molecular complexity index is 682. The van der Waals surface area contributed by atoms with E-state index in [-0.39, 0.29) is 30.0 Å². The number of hydrogen-bond acceptors (Lipinski definition) is 4. The molecule has 0 saturated heterocycles. The second-order valence-electron chi connectivity index (χ2n) is 4.33. The standard InChI is InChI=1S/C15H10ClFO4/c16-10-2-1-3-11(17)15(10)19-7-12(18)9-4-5-13-14(6-9)21-8-20-13/h1-6H,7-8H2. The Kier molecular flexibility index (Phi) is 3.66. The van der Waals surface area contributed by atoms with Gasteiger partial charge >= 0.3 is 0 Å². The molecule has 3 rings (SSSR count). The SMILES string of the molecule is O=C(COc1c(F)cccc1Cl)c1ccc2c(c1)OCO2. The van der Waals surface area contributed by atoms with Gasteiger partial charge in [-0.2, -0.15) is 0 Å². The van der Waals surface area contributed by atoms with Crippen molar-refractivity contribution in [1.82, 2.24) is 0 Å². The Balaban J connectivity index is 1.72. The van der Waals surface area contributed by atoms with Crippen molar-refractivity contribution in [2.24, 2.45) is 0 Å². The van der Waals surface area contributed by atoms with Gasteiger partial charge in [-0.3, -0.25) is 4.79 Å². The van der Waals surface area contributed by atoms with Gasteiger partial charge in [0, 0.05) is 5.56 Å². The summed E-state index contributed by atoms with van der Waals surface area (Å²) in [7, 11) is 0. The van der Waals surface area contributed by atoms with Crippen LogP contribution in [0.1, 0.15) is 10.4 Å². The third-order valence-electron chi connectivity index (χ3n) is 2.96. The maximum atomic E-state index is 13.5. The fourth-order valence-corrected chi connectivity index (χ4v) is 2.13. The van der Waals surface area contributed by atoms with Crippen LogP contribution in [-0.4, -0.2) is 19.2 Å². The number of ketones is 1. The van der Waals surface area contributed by atoms with Gasteiger partial charge in [0.2, 0.25) is 6.79 Å². The van der Waals surface area contributed by atoms with E-state index in [0.717, 1.165) is 0 Å². The van der Waals surface area contributed by atoms with E-state index < -0.39 is 5.82 Å². The summed E-state index contributed by atoms with van der Waals surface area (Å²) in [5.41, 5.74) is 0.395. The normalized spacial score (nSPS) is 12.3. The van der Waals surface area contributed by atoms with Crippen LogP contribution in [0.4, 0.5) is 4.39 Å². The Labute approximate surface area is 125 Å². The highest BCUT2D eigenvalue weighted by molar-refractivity contribution is 6.32. The molecule has 6 heteroatoms. The number of Topliss-reactive ketones (excluding diaryl/α,β-unsaturated/α-hetero) is 1. The van der Waals surface area contributed by atoms with E-state index in [1.165, 1.54) is 18.2 Å².